The van der Waals surface area contributed by atoms with E-state index in [1.807, 2.05) is 13.1 Å². The lowest BCUT2D eigenvalue weighted by Gasteiger charge is -2.30. The van der Waals surface area contributed by atoms with E-state index in [1.165, 1.54) is 11.3 Å². The molecule has 1 N–H and O–H groups in total. The second-order valence-corrected chi connectivity index (χ2v) is 4.37. The Kier molecular flexibility index (Phi) is 2.84. The normalized spacial score (nSPS) is 14.2. The minimum Gasteiger partial charge on any atom is -0.357 e. The summed E-state index contributed by atoms with van der Waals surface area (Å²) in [6.07, 6.45) is 4.11. The number of para-hydroxylation sites is 1. The smallest absolute Gasteiger partial charge is 0.224 e. The van der Waals surface area contributed by atoms with Crippen LogP contribution in [-0.2, 0) is 6.42 Å². The molecule has 0 atom stereocenters. The van der Waals surface area contributed by atoms with Gasteiger partial charge in [-0.3, -0.25) is 0 Å². The lowest BCUT2D eigenvalue weighted by atomic mass is 10.0. The third kappa shape index (κ3) is 1.90. The molecule has 0 unspecified atom stereocenters. The number of aromatic nitrogens is 2. The van der Waals surface area contributed by atoms with Crippen molar-refractivity contribution in [3.05, 3.63) is 42.1 Å². The van der Waals surface area contributed by atoms with Crippen LogP contribution in [0.1, 0.15) is 12.0 Å². The number of aryl methyl sites for hydroxylation is 1. The van der Waals surface area contributed by atoms with E-state index >= 15 is 0 Å². The molecule has 3 rings (SSSR count). The predicted molar refractivity (Wildman–Crippen MR) is 73.3 cm³/mol. The van der Waals surface area contributed by atoms with Gasteiger partial charge in [-0.25, -0.2) is 4.98 Å². The molecule has 0 aliphatic carbocycles. The van der Waals surface area contributed by atoms with Crippen LogP contribution in [0.25, 0.3) is 0 Å². The van der Waals surface area contributed by atoms with E-state index in [2.05, 4.69) is 44.5 Å². The van der Waals surface area contributed by atoms with E-state index in [4.69, 9.17) is 0 Å². The molecular formula is C14H16N4. The van der Waals surface area contributed by atoms with Crippen LogP contribution < -0.4 is 10.2 Å². The third-order valence-electron chi connectivity index (χ3n) is 3.25. The first-order valence-electron chi connectivity index (χ1n) is 6.25. The van der Waals surface area contributed by atoms with Gasteiger partial charge < -0.3 is 10.2 Å². The van der Waals surface area contributed by atoms with Crippen molar-refractivity contribution in [2.24, 2.45) is 0 Å². The summed E-state index contributed by atoms with van der Waals surface area (Å²) in [5.74, 6) is 1.62. The molecule has 2 heterocycles. The number of benzene rings is 1. The first kappa shape index (κ1) is 11.0. The van der Waals surface area contributed by atoms with Crippen molar-refractivity contribution in [1.29, 1.82) is 0 Å². The van der Waals surface area contributed by atoms with Crippen LogP contribution in [-0.4, -0.2) is 23.6 Å². The predicted octanol–water partition coefficient (Wildman–Crippen LogP) is 2.60. The molecule has 0 radical (unpaired) electrons. The Morgan fingerprint density at radius 3 is 3.00 bits per heavy atom. The minimum absolute atomic E-state index is 0.663. The maximum absolute atomic E-state index is 4.52. The van der Waals surface area contributed by atoms with Crippen molar-refractivity contribution in [1.82, 2.24) is 9.97 Å². The second kappa shape index (κ2) is 4.64. The molecule has 1 aliphatic heterocycles. The van der Waals surface area contributed by atoms with Gasteiger partial charge >= 0.3 is 0 Å². The zero-order chi connectivity index (χ0) is 12.4. The average molecular weight is 240 g/mol. The Morgan fingerprint density at radius 1 is 1.22 bits per heavy atom. The quantitative estimate of drug-likeness (QED) is 0.876. The van der Waals surface area contributed by atoms with E-state index < -0.39 is 0 Å². The molecule has 18 heavy (non-hydrogen) atoms. The standard InChI is InChI=1S/C14H16N4/c1-15-14-16-9-8-13(17-14)18-10-4-6-11-5-2-3-7-12(11)18/h2-3,5,7-9H,4,6,10H2,1H3,(H,15,16,17). The topological polar surface area (TPSA) is 41.1 Å². The van der Waals surface area contributed by atoms with Crippen LogP contribution in [0, 0.1) is 0 Å². The van der Waals surface area contributed by atoms with Gasteiger partial charge in [-0.15, -0.1) is 0 Å². The molecular weight excluding hydrogens is 224 g/mol. The largest absolute Gasteiger partial charge is 0.357 e. The highest BCUT2D eigenvalue weighted by Crippen LogP contribution is 2.32. The zero-order valence-corrected chi connectivity index (χ0v) is 10.4. The van der Waals surface area contributed by atoms with Crippen molar-refractivity contribution in [2.75, 3.05) is 23.8 Å². The molecule has 1 aromatic carbocycles. The van der Waals surface area contributed by atoms with Gasteiger partial charge in [0.05, 0.1) is 0 Å². The Bertz CT molecular complexity index is 553. The Balaban J connectivity index is 2.02. The molecule has 92 valence electrons. The van der Waals surface area contributed by atoms with Gasteiger partial charge in [-0.1, -0.05) is 18.2 Å². The van der Waals surface area contributed by atoms with E-state index in [0.29, 0.717) is 5.95 Å². The lowest BCUT2D eigenvalue weighted by Crippen LogP contribution is -2.25. The molecule has 2 aromatic rings. The fourth-order valence-electron chi connectivity index (χ4n) is 2.39. The van der Waals surface area contributed by atoms with Gasteiger partial charge in [0.25, 0.3) is 0 Å². The van der Waals surface area contributed by atoms with Crippen LogP contribution in [0.4, 0.5) is 17.5 Å². The number of anilines is 3. The molecule has 0 amide bonds. The molecule has 0 saturated heterocycles. The van der Waals surface area contributed by atoms with Gasteiger partial charge in [-0.2, -0.15) is 4.98 Å². The van der Waals surface area contributed by atoms with Gasteiger partial charge in [-0.05, 0) is 30.5 Å². The fraction of sp³-hybridized carbons (Fsp3) is 0.286. The summed E-state index contributed by atoms with van der Waals surface area (Å²) in [6.45, 7) is 1.01. The monoisotopic (exact) mass is 240 g/mol. The summed E-state index contributed by atoms with van der Waals surface area (Å²) < 4.78 is 0. The van der Waals surface area contributed by atoms with Gasteiger partial charge in [0.2, 0.25) is 5.95 Å². The van der Waals surface area contributed by atoms with Crippen molar-refractivity contribution in [3.63, 3.8) is 0 Å². The highest BCUT2D eigenvalue weighted by atomic mass is 15.2. The molecule has 1 aliphatic rings. The SMILES string of the molecule is CNc1nccc(N2CCCc3ccccc32)n1. The Morgan fingerprint density at radius 2 is 2.11 bits per heavy atom. The van der Waals surface area contributed by atoms with E-state index in [-0.39, 0.29) is 0 Å². The summed E-state index contributed by atoms with van der Waals surface area (Å²) in [5.41, 5.74) is 2.66. The fourth-order valence-corrected chi connectivity index (χ4v) is 2.39. The molecule has 0 spiro atoms. The zero-order valence-electron chi connectivity index (χ0n) is 10.4. The van der Waals surface area contributed by atoms with E-state index in [9.17, 15) is 0 Å². The summed E-state index contributed by atoms with van der Waals surface area (Å²) >= 11 is 0. The highest BCUT2D eigenvalue weighted by Gasteiger charge is 2.18. The maximum Gasteiger partial charge on any atom is 0.224 e. The van der Waals surface area contributed by atoms with Crippen LogP contribution in [0.3, 0.4) is 0 Å². The third-order valence-corrected chi connectivity index (χ3v) is 3.25. The number of hydrogen-bond donors (Lipinski definition) is 1. The lowest BCUT2D eigenvalue weighted by molar-refractivity contribution is 0.759. The number of rotatable bonds is 2. The van der Waals surface area contributed by atoms with Crippen molar-refractivity contribution < 1.29 is 0 Å². The van der Waals surface area contributed by atoms with Gasteiger partial charge in [0, 0.05) is 25.5 Å². The first-order valence-corrected chi connectivity index (χ1v) is 6.25. The summed E-state index contributed by atoms with van der Waals surface area (Å²) in [6, 6.07) is 10.5. The molecule has 0 bridgehead atoms. The molecule has 0 saturated carbocycles. The van der Waals surface area contributed by atoms with Crippen molar-refractivity contribution in [2.45, 2.75) is 12.8 Å². The summed E-state index contributed by atoms with van der Waals surface area (Å²) in [4.78, 5) is 10.9. The van der Waals surface area contributed by atoms with Crippen LogP contribution in [0.15, 0.2) is 36.5 Å². The number of fused-ring (bicyclic) bond motifs is 1. The minimum atomic E-state index is 0.663. The van der Waals surface area contributed by atoms with Crippen molar-refractivity contribution >= 4 is 17.5 Å². The van der Waals surface area contributed by atoms with Crippen LogP contribution in [0.5, 0.6) is 0 Å². The van der Waals surface area contributed by atoms with Crippen molar-refractivity contribution in [3.8, 4) is 0 Å². The number of nitrogens with one attached hydrogen (secondary N) is 1. The molecule has 1 aromatic heterocycles. The van der Waals surface area contributed by atoms with E-state index in [1.54, 1.807) is 6.20 Å². The Labute approximate surface area is 107 Å². The van der Waals surface area contributed by atoms with E-state index in [0.717, 1.165) is 25.2 Å². The summed E-state index contributed by atoms with van der Waals surface area (Å²) in [5, 5.41) is 2.98. The number of hydrogen-bond acceptors (Lipinski definition) is 4. The Hall–Kier alpha value is -2.10. The summed E-state index contributed by atoms with van der Waals surface area (Å²) in [7, 11) is 1.84. The maximum atomic E-state index is 4.52. The highest BCUT2D eigenvalue weighted by molar-refractivity contribution is 5.65. The average Bonchev–Trinajstić information content (AvgIpc) is 2.47. The first-order chi connectivity index (χ1) is 8.88. The molecule has 4 nitrogen and oxygen atoms in total. The van der Waals surface area contributed by atoms with Gasteiger partial charge in [0.1, 0.15) is 5.82 Å². The molecule has 0 fully saturated rings. The van der Waals surface area contributed by atoms with Crippen LogP contribution in [0.2, 0.25) is 0 Å². The van der Waals surface area contributed by atoms with Crippen LogP contribution >= 0.6 is 0 Å². The molecule has 4 heteroatoms. The van der Waals surface area contributed by atoms with Gasteiger partial charge in [0.15, 0.2) is 0 Å². The second-order valence-electron chi connectivity index (χ2n) is 4.37. The number of nitrogens with zero attached hydrogens (tertiary/aromatic N) is 3.